The molecule has 0 aliphatic carbocycles. The summed E-state index contributed by atoms with van der Waals surface area (Å²) < 4.78 is 7.23. The third-order valence-corrected chi connectivity index (χ3v) is 6.99. The van der Waals surface area contributed by atoms with E-state index in [0.717, 1.165) is 23.3 Å². The van der Waals surface area contributed by atoms with E-state index in [2.05, 4.69) is 5.32 Å². The third-order valence-electron chi connectivity index (χ3n) is 5.61. The van der Waals surface area contributed by atoms with Crippen molar-refractivity contribution in [1.29, 1.82) is 0 Å². The first kappa shape index (κ1) is 29.9. The van der Waals surface area contributed by atoms with Gasteiger partial charge >= 0.3 is 0 Å². The van der Waals surface area contributed by atoms with Crippen molar-refractivity contribution in [3.05, 3.63) is 74.5 Å². The number of benzene rings is 1. The van der Waals surface area contributed by atoms with Crippen molar-refractivity contribution in [3.63, 3.8) is 0 Å². The summed E-state index contributed by atoms with van der Waals surface area (Å²) in [6.07, 6.45) is 4.05. The van der Waals surface area contributed by atoms with Crippen LogP contribution in [0.25, 0.3) is 11.7 Å². The monoisotopic (exact) mass is 567 g/mol. The summed E-state index contributed by atoms with van der Waals surface area (Å²) in [5.41, 5.74) is 2.51. The molecule has 1 aromatic carbocycles. The highest BCUT2D eigenvalue weighted by atomic mass is 32.2. The highest BCUT2D eigenvalue weighted by molar-refractivity contribution is 8.26. The first-order chi connectivity index (χ1) is 18.5. The van der Waals surface area contributed by atoms with E-state index in [4.69, 9.17) is 21.9 Å². The molecule has 2 amide bonds. The lowest BCUT2D eigenvalue weighted by Crippen LogP contribution is -2.31. The Hall–Kier alpha value is -3.70. The number of hydrogen-bond donors (Lipinski definition) is 1. The molecule has 3 heterocycles. The highest BCUT2D eigenvalue weighted by Crippen LogP contribution is 2.33. The number of carbonyl (C=O) groups is 2. The van der Waals surface area contributed by atoms with Gasteiger partial charge in [0.15, 0.2) is 0 Å². The van der Waals surface area contributed by atoms with Gasteiger partial charge in [-0.25, -0.2) is 4.98 Å². The average molecular weight is 568 g/mol. The Labute approximate surface area is 237 Å². The maximum Gasteiger partial charge on any atom is 0.267 e. The number of methoxy groups -OCH3 is 1. The molecular weight excluding hydrogens is 534 g/mol. The Morgan fingerprint density at radius 1 is 1.18 bits per heavy atom. The van der Waals surface area contributed by atoms with Crippen molar-refractivity contribution in [2.24, 2.45) is 5.92 Å². The molecule has 1 N–H and O–H groups in total. The second kappa shape index (κ2) is 13.4. The molecule has 0 atom stereocenters. The van der Waals surface area contributed by atoms with E-state index >= 15 is 0 Å². The molecule has 11 heteroatoms. The summed E-state index contributed by atoms with van der Waals surface area (Å²) in [6.45, 7) is 6.97. The number of nitrogens with one attached hydrogen (secondary N) is 1. The lowest BCUT2D eigenvalue weighted by Gasteiger charge is -2.16. The second-order valence-electron chi connectivity index (χ2n) is 9.52. The molecule has 1 aliphatic heterocycles. The van der Waals surface area contributed by atoms with Crippen LogP contribution in [0.1, 0.15) is 30.5 Å². The quantitative estimate of drug-likeness (QED) is 0.246. The van der Waals surface area contributed by atoms with Crippen molar-refractivity contribution >= 4 is 58.2 Å². The Kier molecular flexibility index (Phi) is 10.2. The number of rotatable bonds is 8. The zero-order valence-electron chi connectivity index (χ0n) is 22.9. The molecule has 0 saturated carbocycles. The molecule has 0 unspecified atom stereocenters. The van der Waals surface area contributed by atoms with Crippen LogP contribution in [-0.2, 0) is 16.1 Å². The largest absolute Gasteiger partial charge is 0.497 e. The van der Waals surface area contributed by atoms with Gasteiger partial charge in [0, 0.05) is 33.4 Å². The van der Waals surface area contributed by atoms with Crippen LogP contribution >= 0.6 is 24.0 Å². The van der Waals surface area contributed by atoms with Gasteiger partial charge in [-0.15, -0.1) is 0 Å². The summed E-state index contributed by atoms with van der Waals surface area (Å²) in [4.78, 5) is 44.2. The van der Waals surface area contributed by atoms with Gasteiger partial charge < -0.3 is 15.0 Å². The Bertz CT molecular complexity index is 1450. The van der Waals surface area contributed by atoms with E-state index in [1.807, 2.05) is 57.2 Å². The number of anilines is 1. The number of aromatic nitrogens is 2. The molecule has 0 bridgehead atoms. The Morgan fingerprint density at radius 2 is 1.85 bits per heavy atom. The van der Waals surface area contributed by atoms with Crippen LogP contribution in [0.5, 0.6) is 5.75 Å². The van der Waals surface area contributed by atoms with E-state index in [-0.39, 0.29) is 17.4 Å². The maximum atomic E-state index is 13.5. The number of ether oxygens (including phenoxy) is 1. The van der Waals surface area contributed by atoms with Gasteiger partial charge in [-0.3, -0.25) is 23.7 Å². The zero-order valence-corrected chi connectivity index (χ0v) is 24.6. The van der Waals surface area contributed by atoms with E-state index in [9.17, 15) is 14.4 Å². The Morgan fingerprint density at radius 3 is 2.44 bits per heavy atom. The van der Waals surface area contributed by atoms with E-state index in [0.29, 0.717) is 39.3 Å². The summed E-state index contributed by atoms with van der Waals surface area (Å²) in [5.74, 6) is 1.29. The van der Waals surface area contributed by atoms with Crippen LogP contribution in [0.4, 0.5) is 5.82 Å². The fourth-order valence-electron chi connectivity index (χ4n) is 3.66. The molecule has 2 aromatic heterocycles. The number of carbonyl (C=O) groups excluding carboxylic acids is 2. The standard InChI is InChI=1S/C25H26N4O3S2.C3H7NO/c1-15(2)14-29-24(31)20(34-25(29)33)12-19-21(26-13-17-7-9-18(32-4)10-8-17)27-22-16(3)6-5-11-28(22)23(19)30;1-4(2)3-5/h5-12,15,26H,13-14H2,1-4H3;3H,1-2H3/b20-12-;. The normalized spacial score (nSPS) is 14.0. The minimum absolute atomic E-state index is 0.182. The molecule has 9 nitrogen and oxygen atoms in total. The van der Waals surface area contributed by atoms with Crippen molar-refractivity contribution in [3.8, 4) is 5.75 Å². The topological polar surface area (TPSA) is 96.2 Å². The maximum absolute atomic E-state index is 13.5. The predicted molar refractivity (Wildman–Crippen MR) is 161 cm³/mol. The number of fused-ring (bicyclic) bond motifs is 1. The number of thioether (sulfide) groups is 1. The number of nitrogens with zero attached hydrogens (tertiary/aromatic N) is 4. The van der Waals surface area contributed by atoms with Gasteiger partial charge in [-0.05, 0) is 48.2 Å². The summed E-state index contributed by atoms with van der Waals surface area (Å²) in [6, 6.07) is 11.4. The van der Waals surface area contributed by atoms with Crippen LogP contribution in [0.2, 0.25) is 0 Å². The fourth-order valence-corrected chi connectivity index (χ4v) is 4.92. The van der Waals surface area contributed by atoms with Gasteiger partial charge in [0.05, 0.1) is 17.6 Å². The predicted octanol–water partition coefficient (Wildman–Crippen LogP) is 4.19. The smallest absolute Gasteiger partial charge is 0.267 e. The first-order valence-corrected chi connectivity index (χ1v) is 13.5. The molecule has 1 fully saturated rings. The van der Waals surface area contributed by atoms with E-state index in [1.54, 1.807) is 38.4 Å². The molecule has 0 spiro atoms. The molecule has 0 radical (unpaired) electrons. The minimum Gasteiger partial charge on any atom is -0.497 e. The van der Waals surface area contributed by atoms with Crippen LogP contribution in [-0.4, -0.2) is 63.6 Å². The minimum atomic E-state index is -0.250. The molecule has 3 aromatic rings. The van der Waals surface area contributed by atoms with Gasteiger partial charge in [0.1, 0.15) is 21.5 Å². The molecule has 206 valence electrons. The second-order valence-corrected chi connectivity index (χ2v) is 11.2. The summed E-state index contributed by atoms with van der Waals surface area (Å²) >= 11 is 6.64. The average Bonchev–Trinajstić information content (AvgIpc) is 3.17. The molecule has 1 saturated heterocycles. The summed E-state index contributed by atoms with van der Waals surface area (Å²) in [7, 11) is 5.00. The number of amides is 2. The lowest BCUT2D eigenvalue weighted by molar-refractivity contribution is -0.122. The molecule has 1 aliphatic rings. The van der Waals surface area contributed by atoms with Gasteiger partial charge in [-0.2, -0.15) is 0 Å². The summed E-state index contributed by atoms with van der Waals surface area (Å²) in [5, 5.41) is 3.29. The van der Waals surface area contributed by atoms with Crippen LogP contribution in [0.3, 0.4) is 0 Å². The van der Waals surface area contributed by atoms with Crippen molar-refractivity contribution in [1.82, 2.24) is 19.2 Å². The van der Waals surface area contributed by atoms with Gasteiger partial charge in [0.25, 0.3) is 11.5 Å². The fraction of sp³-hybridized carbons (Fsp3) is 0.321. The van der Waals surface area contributed by atoms with Gasteiger partial charge in [-0.1, -0.05) is 56.0 Å². The number of thiocarbonyl (C=S) groups is 1. The zero-order chi connectivity index (χ0) is 28.7. The first-order valence-electron chi connectivity index (χ1n) is 12.3. The van der Waals surface area contributed by atoms with Crippen molar-refractivity contribution in [2.75, 3.05) is 33.1 Å². The highest BCUT2D eigenvalue weighted by Gasteiger charge is 2.33. The van der Waals surface area contributed by atoms with E-state index < -0.39 is 0 Å². The SMILES string of the molecule is CN(C)C=O.COc1ccc(CNc2nc3c(C)cccn3c(=O)c2/C=C2\SC(=S)N(CC(C)C)C2=O)cc1. The van der Waals surface area contributed by atoms with Crippen molar-refractivity contribution in [2.45, 2.75) is 27.3 Å². The van der Waals surface area contributed by atoms with Crippen LogP contribution in [0.15, 0.2) is 52.3 Å². The third kappa shape index (κ3) is 7.45. The number of hydrogen-bond acceptors (Lipinski definition) is 8. The van der Waals surface area contributed by atoms with Crippen LogP contribution in [0, 0.1) is 12.8 Å². The number of aryl methyl sites for hydroxylation is 1. The molecule has 39 heavy (non-hydrogen) atoms. The molecular formula is C28H33N5O4S2. The van der Waals surface area contributed by atoms with Crippen molar-refractivity contribution < 1.29 is 14.3 Å². The van der Waals surface area contributed by atoms with E-state index in [1.165, 1.54) is 21.1 Å². The van der Waals surface area contributed by atoms with Crippen LogP contribution < -0.4 is 15.6 Å². The lowest BCUT2D eigenvalue weighted by atomic mass is 10.2. The number of pyridine rings is 1. The Balaban J connectivity index is 0.000000771. The van der Waals surface area contributed by atoms with Gasteiger partial charge in [0.2, 0.25) is 6.41 Å². The molecule has 4 rings (SSSR count).